The first-order valence-corrected chi connectivity index (χ1v) is 8.09. The summed E-state index contributed by atoms with van der Waals surface area (Å²) in [7, 11) is 1.66. The molecule has 2 saturated heterocycles. The Hall–Kier alpha value is -1.60. The normalized spacial score (nSPS) is 25.0. The van der Waals surface area contributed by atoms with Crippen LogP contribution in [0, 0.1) is 0 Å². The molecular formula is C15H25N5O2. The van der Waals surface area contributed by atoms with Gasteiger partial charge in [0.1, 0.15) is 0 Å². The first kappa shape index (κ1) is 15.3. The summed E-state index contributed by atoms with van der Waals surface area (Å²) in [5, 5.41) is 10.2. The molecule has 1 aromatic rings. The highest BCUT2D eigenvalue weighted by Crippen LogP contribution is 2.27. The second-order valence-corrected chi connectivity index (χ2v) is 6.08. The number of carbonyl (C=O) groups is 1. The molecule has 2 atom stereocenters. The molecule has 2 fully saturated rings. The number of nitrogens with one attached hydrogen (secondary N) is 2. The molecule has 0 radical (unpaired) electrons. The number of anilines is 1. The van der Waals surface area contributed by atoms with E-state index >= 15 is 0 Å². The van der Waals surface area contributed by atoms with Gasteiger partial charge in [-0.05, 0) is 25.8 Å². The smallest absolute Gasteiger partial charge is 0.319 e. The largest absolute Gasteiger partial charge is 0.383 e. The van der Waals surface area contributed by atoms with Crippen molar-refractivity contribution in [2.24, 2.45) is 0 Å². The average molecular weight is 307 g/mol. The lowest BCUT2D eigenvalue weighted by Crippen LogP contribution is -2.47. The average Bonchev–Trinajstić information content (AvgIpc) is 3.13. The SMILES string of the molecule is COCCn1cc(NC(=O)N[C@H]2CCN3CCCC[C@@H]23)cn1. The fraction of sp³-hybridized carbons (Fsp3) is 0.733. The quantitative estimate of drug-likeness (QED) is 0.859. The fourth-order valence-corrected chi connectivity index (χ4v) is 3.49. The van der Waals surface area contributed by atoms with Crippen LogP contribution in [0.25, 0.3) is 0 Å². The number of amides is 2. The molecule has 0 bridgehead atoms. The molecule has 3 heterocycles. The van der Waals surface area contributed by atoms with Crippen LogP contribution in [0.2, 0.25) is 0 Å². The van der Waals surface area contributed by atoms with Gasteiger partial charge >= 0.3 is 6.03 Å². The molecule has 7 heteroatoms. The van der Waals surface area contributed by atoms with Gasteiger partial charge in [0, 0.05) is 31.9 Å². The van der Waals surface area contributed by atoms with Crippen LogP contribution in [0.4, 0.5) is 10.5 Å². The van der Waals surface area contributed by atoms with Crippen molar-refractivity contribution in [2.75, 3.05) is 32.1 Å². The zero-order valence-corrected chi connectivity index (χ0v) is 13.1. The molecule has 0 aromatic carbocycles. The third-order valence-corrected chi connectivity index (χ3v) is 4.59. The minimum atomic E-state index is -0.135. The number of nitrogens with zero attached hydrogens (tertiary/aromatic N) is 3. The van der Waals surface area contributed by atoms with Crippen LogP contribution in [0.5, 0.6) is 0 Å². The monoisotopic (exact) mass is 307 g/mol. The van der Waals surface area contributed by atoms with Gasteiger partial charge in [-0.2, -0.15) is 5.10 Å². The van der Waals surface area contributed by atoms with Gasteiger partial charge in [0.25, 0.3) is 0 Å². The second kappa shape index (κ2) is 7.11. The van der Waals surface area contributed by atoms with Crippen LogP contribution in [0.15, 0.2) is 12.4 Å². The zero-order valence-electron chi connectivity index (χ0n) is 13.1. The summed E-state index contributed by atoms with van der Waals surface area (Å²) in [6, 6.07) is 0.650. The summed E-state index contributed by atoms with van der Waals surface area (Å²) in [6.45, 7) is 3.56. The van der Waals surface area contributed by atoms with Crippen LogP contribution >= 0.6 is 0 Å². The minimum absolute atomic E-state index is 0.135. The molecule has 2 N–H and O–H groups in total. The molecule has 2 amide bonds. The molecule has 2 aliphatic heterocycles. The third-order valence-electron chi connectivity index (χ3n) is 4.59. The Morgan fingerprint density at radius 1 is 1.41 bits per heavy atom. The Balaban J connectivity index is 1.49. The summed E-state index contributed by atoms with van der Waals surface area (Å²) in [5.74, 6) is 0. The number of fused-ring (bicyclic) bond motifs is 1. The standard InChI is InChI=1S/C15H25N5O2/c1-22-9-8-20-11-12(10-16-20)17-15(21)18-13-5-7-19-6-3-2-4-14(13)19/h10-11,13-14H,2-9H2,1H3,(H2,17,18,21)/t13-,14-/m0/s1. The van der Waals surface area contributed by atoms with E-state index in [4.69, 9.17) is 4.74 Å². The Morgan fingerprint density at radius 3 is 3.18 bits per heavy atom. The van der Waals surface area contributed by atoms with Gasteiger partial charge in [-0.3, -0.25) is 9.58 Å². The summed E-state index contributed by atoms with van der Waals surface area (Å²) in [5.41, 5.74) is 0.715. The van der Waals surface area contributed by atoms with Gasteiger partial charge in [0.15, 0.2) is 0 Å². The maximum absolute atomic E-state index is 12.2. The van der Waals surface area contributed by atoms with E-state index in [-0.39, 0.29) is 12.1 Å². The van der Waals surface area contributed by atoms with Gasteiger partial charge in [-0.15, -0.1) is 0 Å². The summed E-state index contributed by atoms with van der Waals surface area (Å²) in [6.07, 6.45) is 8.28. The maximum Gasteiger partial charge on any atom is 0.319 e. The lowest BCUT2D eigenvalue weighted by atomic mass is 9.99. The first-order chi connectivity index (χ1) is 10.8. The van der Waals surface area contributed by atoms with Crippen LogP contribution in [-0.2, 0) is 11.3 Å². The Bertz CT molecular complexity index is 504. The van der Waals surface area contributed by atoms with Crippen LogP contribution in [-0.4, -0.2) is 59.6 Å². The van der Waals surface area contributed by atoms with Crippen molar-refractivity contribution in [2.45, 2.75) is 44.3 Å². The number of aromatic nitrogens is 2. The highest BCUT2D eigenvalue weighted by atomic mass is 16.5. The van der Waals surface area contributed by atoms with Crippen LogP contribution in [0.1, 0.15) is 25.7 Å². The van der Waals surface area contributed by atoms with Crippen molar-refractivity contribution >= 4 is 11.7 Å². The highest BCUT2D eigenvalue weighted by Gasteiger charge is 2.36. The van der Waals surface area contributed by atoms with E-state index in [2.05, 4.69) is 20.6 Å². The maximum atomic E-state index is 12.2. The molecule has 0 unspecified atom stereocenters. The Labute approximate surface area is 131 Å². The van der Waals surface area contributed by atoms with Crippen LogP contribution < -0.4 is 10.6 Å². The number of urea groups is 1. The Morgan fingerprint density at radius 2 is 2.32 bits per heavy atom. The lowest BCUT2D eigenvalue weighted by Gasteiger charge is -2.32. The lowest BCUT2D eigenvalue weighted by molar-refractivity contribution is 0.180. The molecule has 7 nitrogen and oxygen atoms in total. The van der Waals surface area contributed by atoms with Crippen molar-refractivity contribution in [1.29, 1.82) is 0 Å². The molecule has 3 rings (SSSR count). The number of carbonyl (C=O) groups excluding carboxylic acids is 1. The van der Waals surface area contributed by atoms with Crippen molar-refractivity contribution in [1.82, 2.24) is 20.0 Å². The fourth-order valence-electron chi connectivity index (χ4n) is 3.49. The number of piperidine rings is 1. The van der Waals surface area contributed by atoms with Crippen LogP contribution in [0.3, 0.4) is 0 Å². The van der Waals surface area contributed by atoms with E-state index in [0.717, 1.165) is 13.0 Å². The number of ether oxygens (including phenoxy) is 1. The molecule has 22 heavy (non-hydrogen) atoms. The van der Waals surface area contributed by atoms with Gasteiger partial charge in [0.2, 0.25) is 0 Å². The van der Waals surface area contributed by atoms with E-state index in [9.17, 15) is 4.79 Å². The molecule has 0 saturated carbocycles. The summed E-state index contributed by atoms with van der Waals surface area (Å²) in [4.78, 5) is 14.7. The predicted octanol–water partition coefficient (Wildman–Crippen LogP) is 1.28. The number of rotatable bonds is 5. The summed E-state index contributed by atoms with van der Waals surface area (Å²) < 4.78 is 6.77. The molecule has 2 aliphatic rings. The van der Waals surface area contributed by atoms with Gasteiger partial charge in [-0.1, -0.05) is 6.42 Å². The van der Waals surface area contributed by atoms with E-state index in [1.54, 1.807) is 18.0 Å². The predicted molar refractivity (Wildman–Crippen MR) is 83.9 cm³/mol. The minimum Gasteiger partial charge on any atom is -0.383 e. The van der Waals surface area contributed by atoms with Gasteiger partial charge in [0.05, 0.1) is 25.0 Å². The topological polar surface area (TPSA) is 71.4 Å². The van der Waals surface area contributed by atoms with E-state index in [0.29, 0.717) is 24.9 Å². The molecule has 122 valence electrons. The number of methoxy groups -OCH3 is 1. The van der Waals surface area contributed by atoms with E-state index < -0.39 is 0 Å². The summed E-state index contributed by atoms with van der Waals surface area (Å²) >= 11 is 0. The highest BCUT2D eigenvalue weighted by molar-refractivity contribution is 5.89. The van der Waals surface area contributed by atoms with Crippen molar-refractivity contribution in [3.05, 3.63) is 12.4 Å². The molecule has 1 aromatic heterocycles. The molecular weight excluding hydrogens is 282 g/mol. The molecule has 0 spiro atoms. The van der Waals surface area contributed by atoms with Gasteiger partial charge in [-0.25, -0.2) is 4.79 Å². The third kappa shape index (κ3) is 3.59. The van der Waals surface area contributed by atoms with E-state index in [1.165, 1.54) is 25.8 Å². The number of hydrogen-bond acceptors (Lipinski definition) is 4. The Kier molecular flexibility index (Phi) is 4.94. The van der Waals surface area contributed by atoms with E-state index in [1.807, 2.05) is 6.20 Å². The number of hydrogen-bond donors (Lipinski definition) is 2. The first-order valence-electron chi connectivity index (χ1n) is 8.09. The van der Waals surface area contributed by atoms with Crippen molar-refractivity contribution < 1.29 is 9.53 Å². The second-order valence-electron chi connectivity index (χ2n) is 6.08. The van der Waals surface area contributed by atoms with Crippen molar-refractivity contribution in [3.63, 3.8) is 0 Å². The van der Waals surface area contributed by atoms with Crippen molar-refractivity contribution in [3.8, 4) is 0 Å². The van der Waals surface area contributed by atoms with Gasteiger partial charge < -0.3 is 15.4 Å². The zero-order chi connectivity index (χ0) is 15.4. The molecule has 0 aliphatic carbocycles.